The zero-order valence-electron chi connectivity index (χ0n) is 18.2. The van der Waals surface area contributed by atoms with Gasteiger partial charge in [0.1, 0.15) is 12.4 Å². The van der Waals surface area contributed by atoms with E-state index in [1.165, 1.54) is 25.9 Å². The number of halogens is 1. The first kappa shape index (κ1) is 24.7. The largest absolute Gasteiger partial charge is 0.492 e. The average molecular weight is 529 g/mol. The summed E-state index contributed by atoms with van der Waals surface area (Å²) in [7, 11) is 1.79. The van der Waals surface area contributed by atoms with Crippen molar-refractivity contribution in [3.05, 3.63) is 23.8 Å². The summed E-state index contributed by atoms with van der Waals surface area (Å²) in [5, 5.41) is 9.56. The molecule has 1 fully saturated rings. The predicted octanol–water partition coefficient (Wildman–Crippen LogP) is 2.86. The molecule has 0 aliphatic carbocycles. The maximum atomic E-state index is 11.4. The number of nitrogens with one attached hydrogen (secondary N) is 3. The molecule has 2 aliphatic rings. The van der Waals surface area contributed by atoms with E-state index in [9.17, 15) is 4.79 Å². The number of aryl methyl sites for hydroxylation is 1. The van der Waals surface area contributed by atoms with Gasteiger partial charge >= 0.3 is 0 Å². The van der Waals surface area contributed by atoms with Gasteiger partial charge in [-0.05, 0) is 75.0 Å². The summed E-state index contributed by atoms with van der Waals surface area (Å²) in [5.41, 5.74) is 2.03. The van der Waals surface area contributed by atoms with Gasteiger partial charge in [0.2, 0.25) is 5.91 Å². The SMILES string of the molecule is CN=C(NCCCN1CCC(C)CC1)NCCOc1ccc2c(c1)CCC(=O)N2.I. The van der Waals surface area contributed by atoms with E-state index in [2.05, 4.69) is 32.8 Å². The number of benzene rings is 1. The van der Waals surface area contributed by atoms with Crippen molar-refractivity contribution in [3.63, 3.8) is 0 Å². The summed E-state index contributed by atoms with van der Waals surface area (Å²) in [6, 6.07) is 5.83. The number of amides is 1. The zero-order chi connectivity index (χ0) is 20.5. The Morgan fingerprint density at radius 2 is 2.00 bits per heavy atom. The van der Waals surface area contributed by atoms with E-state index >= 15 is 0 Å². The van der Waals surface area contributed by atoms with Crippen LogP contribution in [-0.2, 0) is 11.2 Å². The highest BCUT2D eigenvalue weighted by Gasteiger charge is 2.15. The summed E-state index contributed by atoms with van der Waals surface area (Å²) in [4.78, 5) is 18.3. The van der Waals surface area contributed by atoms with Crippen molar-refractivity contribution in [2.24, 2.45) is 10.9 Å². The lowest BCUT2D eigenvalue weighted by molar-refractivity contribution is -0.116. The summed E-state index contributed by atoms with van der Waals surface area (Å²) in [6.45, 7) is 8.13. The normalized spacial score (nSPS) is 17.5. The lowest BCUT2D eigenvalue weighted by Crippen LogP contribution is -2.41. The minimum Gasteiger partial charge on any atom is -0.492 e. The quantitative estimate of drug-likeness (QED) is 0.209. The first-order chi connectivity index (χ1) is 14.1. The highest BCUT2D eigenvalue weighted by atomic mass is 127. The van der Waals surface area contributed by atoms with Gasteiger partial charge in [0, 0.05) is 25.7 Å². The van der Waals surface area contributed by atoms with Crippen LogP contribution in [0.5, 0.6) is 5.75 Å². The molecule has 1 aromatic rings. The molecule has 2 heterocycles. The van der Waals surface area contributed by atoms with Gasteiger partial charge in [-0.3, -0.25) is 9.79 Å². The minimum atomic E-state index is 0. The summed E-state index contributed by atoms with van der Waals surface area (Å²) in [6.07, 6.45) is 5.09. The highest BCUT2D eigenvalue weighted by molar-refractivity contribution is 14.0. The number of ether oxygens (including phenoxy) is 1. The topological polar surface area (TPSA) is 78.0 Å². The smallest absolute Gasteiger partial charge is 0.224 e. The van der Waals surface area contributed by atoms with Gasteiger partial charge in [-0.2, -0.15) is 0 Å². The van der Waals surface area contributed by atoms with Crippen LogP contribution >= 0.6 is 24.0 Å². The fourth-order valence-corrected chi connectivity index (χ4v) is 3.80. The predicted molar refractivity (Wildman–Crippen MR) is 133 cm³/mol. The van der Waals surface area contributed by atoms with Crippen molar-refractivity contribution in [2.45, 2.75) is 39.0 Å². The molecule has 0 aromatic heterocycles. The third kappa shape index (κ3) is 7.94. The molecule has 1 amide bonds. The van der Waals surface area contributed by atoms with Crippen LogP contribution in [0.4, 0.5) is 5.69 Å². The Bertz CT molecular complexity index is 705. The molecule has 1 saturated heterocycles. The van der Waals surface area contributed by atoms with Crippen LogP contribution in [0, 0.1) is 5.92 Å². The first-order valence-electron chi connectivity index (χ1n) is 10.9. The number of carbonyl (C=O) groups is 1. The Morgan fingerprint density at radius 1 is 1.23 bits per heavy atom. The Kier molecular flexibility index (Phi) is 10.7. The monoisotopic (exact) mass is 529 g/mol. The van der Waals surface area contributed by atoms with Crippen molar-refractivity contribution in [1.82, 2.24) is 15.5 Å². The van der Waals surface area contributed by atoms with E-state index in [0.717, 1.165) is 54.8 Å². The number of likely N-dealkylation sites (tertiary alicyclic amines) is 1. The number of hydrogen-bond acceptors (Lipinski definition) is 4. The molecule has 3 rings (SSSR count). The molecule has 0 spiro atoms. The second-order valence-corrected chi connectivity index (χ2v) is 8.02. The van der Waals surface area contributed by atoms with Crippen LogP contribution in [0.2, 0.25) is 0 Å². The lowest BCUT2D eigenvalue weighted by atomic mass is 9.99. The maximum Gasteiger partial charge on any atom is 0.224 e. The van der Waals surface area contributed by atoms with Gasteiger partial charge in [-0.25, -0.2) is 0 Å². The highest BCUT2D eigenvalue weighted by Crippen LogP contribution is 2.26. The maximum absolute atomic E-state index is 11.4. The Labute approximate surface area is 197 Å². The number of aliphatic imine (C=N–C) groups is 1. The second-order valence-electron chi connectivity index (χ2n) is 8.02. The standard InChI is InChI=1S/C22H35N5O2.HI/c1-17-8-13-27(14-9-17)12-3-10-24-22(23-2)25-11-15-29-19-5-6-20-18(16-19)4-7-21(28)26-20;/h5-6,16-17H,3-4,7-15H2,1-2H3,(H,26,28)(H2,23,24,25);1H. The molecule has 7 nitrogen and oxygen atoms in total. The molecule has 3 N–H and O–H groups in total. The molecule has 8 heteroatoms. The van der Waals surface area contributed by atoms with E-state index in [0.29, 0.717) is 19.6 Å². The van der Waals surface area contributed by atoms with Crippen molar-refractivity contribution in [2.75, 3.05) is 51.7 Å². The number of guanidine groups is 1. The third-order valence-corrected chi connectivity index (χ3v) is 5.68. The zero-order valence-corrected chi connectivity index (χ0v) is 20.5. The molecule has 0 unspecified atom stereocenters. The molecule has 30 heavy (non-hydrogen) atoms. The number of fused-ring (bicyclic) bond motifs is 1. The van der Waals surface area contributed by atoms with Crippen LogP contribution in [0.1, 0.15) is 38.2 Å². The van der Waals surface area contributed by atoms with Crippen molar-refractivity contribution in [1.29, 1.82) is 0 Å². The van der Waals surface area contributed by atoms with E-state index in [4.69, 9.17) is 4.74 Å². The van der Waals surface area contributed by atoms with Crippen molar-refractivity contribution >= 4 is 41.5 Å². The van der Waals surface area contributed by atoms with E-state index < -0.39 is 0 Å². The molecule has 0 atom stereocenters. The molecule has 1 aromatic carbocycles. The molecular weight excluding hydrogens is 493 g/mol. The number of rotatable bonds is 8. The summed E-state index contributed by atoms with van der Waals surface area (Å²) >= 11 is 0. The lowest BCUT2D eigenvalue weighted by Gasteiger charge is -2.30. The van der Waals surface area contributed by atoms with E-state index in [-0.39, 0.29) is 29.9 Å². The molecule has 168 valence electrons. The Hall–Kier alpha value is -1.55. The number of piperidine rings is 1. The fraction of sp³-hybridized carbons (Fsp3) is 0.636. The number of anilines is 1. The second kappa shape index (κ2) is 13.0. The summed E-state index contributed by atoms with van der Waals surface area (Å²) in [5.74, 6) is 2.62. The number of nitrogens with zero attached hydrogens (tertiary/aromatic N) is 2. The average Bonchev–Trinajstić information content (AvgIpc) is 2.74. The van der Waals surface area contributed by atoms with Crippen LogP contribution in [0.15, 0.2) is 23.2 Å². The summed E-state index contributed by atoms with van der Waals surface area (Å²) < 4.78 is 5.84. The van der Waals surface area contributed by atoms with E-state index in [1.807, 2.05) is 18.2 Å². The van der Waals surface area contributed by atoms with Gasteiger partial charge in [0.25, 0.3) is 0 Å². The molecule has 0 bridgehead atoms. The first-order valence-corrected chi connectivity index (χ1v) is 10.9. The Balaban J connectivity index is 0.00000320. The third-order valence-electron chi connectivity index (χ3n) is 5.68. The fourth-order valence-electron chi connectivity index (χ4n) is 3.80. The van der Waals surface area contributed by atoms with Crippen LogP contribution in [0.3, 0.4) is 0 Å². The van der Waals surface area contributed by atoms with E-state index in [1.54, 1.807) is 7.05 Å². The molecule has 2 aliphatic heterocycles. The van der Waals surface area contributed by atoms with Gasteiger partial charge < -0.3 is 25.6 Å². The van der Waals surface area contributed by atoms with Gasteiger partial charge in [0.05, 0.1) is 6.54 Å². The minimum absolute atomic E-state index is 0. The number of hydrogen-bond donors (Lipinski definition) is 3. The van der Waals surface area contributed by atoms with Crippen LogP contribution < -0.4 is 20.7 Å². The van der Waals surface area contributed by atoms with Crippen molar-refractivity contribution in [3.8, 4) is 5.75 Å². The van der Waals surface area contributed by atoms with Crippen LogP contribution in [0.25, 0.3) is 0 Å². The Morgan fingerprint density at radius 3 is 2.77 bits per heavy atom. The van der Waals surface area contributed by atoms with Crippen molar-refractivity contribution < 1.29 is 9.53 Å². The molecular formula is C22H36IN5O2. The van der Waals surface area contributed by atoms with Gasteiger partial charge in [-0.15, -0.1) is 24.0 Å². The van der Waals surface area contributed by atoms with Gasteiger partial charge in [-0.1, -0.05) is 6.92 Å². The van der Waals surface area contributed by atoms with Crippen LogP contribution in [-0.4, -0.2) is 63.1 Å². The number of carbonyl (C=O) groups excluding carboxylic acids is 1. The van der Waals surface area contributed by atoms with Gasteiger partial charge in [0.15, 0.2) is 5.96 Å². The molecule has 0 saturated carbocycles. The molecule has 0 radical (unpaired) electrons.